The Bertz CT molecular complexity index is 954. The molecule has 1 aliphatic heterocycles. The number of fused-ring (bicyclic) bond motifs is 1. The van der Waals surface area contributed by atoms with E-state index in [4.69, 9.17) is 4.42 Å². The van der Waals surface area contributed by atoms with E-state index in [1.807, 2.05) is 0 Å². The van der Waals surface area contributed by atoms with Gasteiger partial charge in [0.15, 0.2) is 5.58 Å². The van der Waals surface area contributed by atoms with Gasteiger partial charge in [-0.3, -0.25) is 4.79 Å². The van der Waals surface area contributed by atoms with E-state index in [2.05, 4.69) is 4.98 Å². The van der Waals surface area contributed by atoms with E-state index in [9.17, 15) is 26.4 Å². The highest BCUT2D eigenvalue weighted by Crippen LogP contribution is 2.27. The normalized spacial score (nSPS) is 16.4. The molecule has 1 aliphatic rings. The summed E-state index contributed by atoms with van der Waals surface area (Å²) in [5.41, 5.74) is 0.632. The first-order chi connectivity index (χ1) is 13.1. The quantitative estimate of drug-likeness (QED) is 0.699. The number of nitrogens with one attached hydrogen (secondary N) is 1. The van der Waals surface area contributed by atoms with Crippen molar-refractivity contribution in [1.82, 2.24) is 14.6 Å². The number of thioether (sulfide) groups is 1. The van der Waals surface area contributed by atoms with Gasteiger partial charge in [-0.15, -0.1) is 0 Å². The summed E-state index contributed by atoms with van der Waals surface area (Å²) >= 11 is 0.829. The van der Waals surface area contributed by atoms with Gasteiger partial charge in [0.25, 0.3) is 5.22 Å². The number of sulfonamides is 1. The molecular formula is C16H18F3N3O4S2. The molecule has 12 heteroatoms. The van der Waals surface area contributed by atoms with Crippen molar-refractivity contribution in [2.24, 2.45) is 0 Å². The largest absolute Gasteiger partial charge is 0.431 e. The number of nitrogens with zero attached hydrogens (tertiary/aromatic N) is 2. The Morgan fingerprint density at radius 2 is 1.96 bits per heavy atom. The molecular weight excluding hydrogens is 419 g/mol. The van der Waals surface area contributed by atoms with Crippen LogP contribution in [0.3, 0.4) is 0 Å². The van der Waals surface area contributed by atoms with Crippen molar-refractivity contribution < 1.29 is 30.8 Å². The van der Waals surface area contributed by atoms with Crippen LogP contribution in [0.5, 0.6) is 0 Å². The van der Waals surface area contributed by atoms with Crippen LogP contribution in [0.1, 0.15) is 19.3 Å². The van der Waals surface area contributed by atoms with Crippen molar-refractivity contribution in [3.63, 3.8) is 0 Å². The van der Waals surface area contributed by atoms with Gasteiger partial charge in [-0.2, -0.15) is 17.5 Å². The topological polar surface area (TPSA) is 92.5 Å². The summed E-state index contributed by atoms with van der Waals surface area (Å²) in [7, 11) is -3.62. The van der Waals surface area contributed by atoms with E-state index < -0.39 is 28.7 Å². The summed E-state index contributed by atoms with van der Waals surface area (Å²) in [6.45, 7) is -0.446. The Hall–Kier alpha value is -1.79. The molecule has 0 aliphatic carbocycles. The predicted molar refractivity (Wildman–Crippen MR) is 96.4 cm³/mol. The minimum absolute atomic E-state index is 0.0738. The Balaban J connectivity index is 1.68. The molecule has 0 spiro atoms. The van der Waals surface area contributed by atoms with E-state index in [-0.39, 0.29) is 15.9 Å². The van der Waals surface area contributed by atoms with Crippen molar-refractivity contribution in [2.75, 3.05) is 25.4 Å². The highest BCUT2D eigenvalue weighted by molar-refractivity contribution is 7.99. The zero-order valence-corrected chi connectivity index (χ0v) is 16.3. The highest BCUT2D eigenvalue weighted by atomic mass is 32.2. The molecule has 7 nitrogen and oxygen atoms in total. The molecule has 154 valence electrons. The van der Waals surface area contributed by atoms with Crippen LogP contribution in [-0.4, -0.2) is 55.2 Å². The van der Waals surface area contributed by atoms with Gasteiger partial charge in [-0.1, -0.05) is 18.2 Å². The van der Waals surface area contributed by atoms with Crippen LogP contribution >= 0.6 is 11.8 Å². The third kappa shape index (κ3) is 5.17. The molecule has 2 heterocycles. The predicted octanol–water partition coefficient (Wildman–Crippen LogP) is 2.77. The number of halogens is 3. The number of carbonyl (C=O) groups excluding carboxylic acids is 1. The van der Waals surface area contributed by atoms with Crippen molar-refractivity contribution in [3.05, 3.63) is 18.2 Å². The minimum atomic E-state index is -4.48. The zero-order valence-electron chi connectivity index (χ0n) is 14.7. The maximum atomic E-state index is 12.7. The molecule has 28 heavy (non-hydrogen) atoms. The van der Waals surface area contributed by atoms with Crippen molar-refractivity contribution in [1.29, 1.82) is 0 Å². The molecule has 1 saturated heterocycles. The number of hydrogen-bond acceptors (Lipinski definition) is 6. The Labute approximate surface area is 163 Å². The van der Waals surface area contributed by atoms with Crippen molar-refractivity contribution in [3.8, 4) is 0 Å². The van der Waals surface area contributed by atoms with E-state index in [0.717, 1.165) is 31.0 Å². The van der Waals surface area contributed by atoms with Gasteiger partial charge in [0.05, 0.1) is 10.6 Å². The van der Waals surface area contributed by atoms with Gasteiger partial charge in [-0.25, -0.2) is 13.4 Å². The third-order valence-corrected chi connectivity index (χ3v) is 6.83. The fourth-order valence-corrected chi connectivity index (χ4v) is 4.95. The molecule has 0 saturated carbocycles. The summed E-state index contributed by atoms with van der Waals surface area (Å²) in [6, 6.07) is 4.31. The first kappa shape index (κ1) is 20.9. The number of carbonyl (C=O) groups is 1. The maximum absolute atomic E-state index is 12.7. The molecule has 1 N–H and O–H groups in total. The number of benzene rings is 1. The highest BCUT2D eigenvalue weighted by Gasteiger charge is 2.28. The smallest absolute Gasteiger partial charge is 0.405 e. The summed E-state index contributed by atoms with van der Waals surface area (Å²) in [6.07, 6.45) is -1.83. The van der Waals surface area contributed by atoms with Crippen LogP contribution in [0, 0.1) is 0 Å². The van der Waals surface area contributed by atoms with Crippen LogP contribution in [0.15, 0.2) is 32.7 Å². The van der Waals surface area contributed by atoms with Gasteiger partial charge in [0.2, 0.25) is 15.9 Å². The zero-order chi connectivity index (χ0) is 20.4. The molecule has 1 amide bonds. The number of oxazole rings is 1. The fraction of sp³-hybridized carbons (Fsp3) is 0.500. The molecule has 3 rings (SSSR count). The third-order valence-electron chi connectivity index (χ3n) is 4.10. The van der Waals surface area contributed by atoms with Crippen LogP contribution in [0.2, 0.25) is 0 Å². The number of rotatable bonds is 6. The van der Waals surface area contributed by atoms with Gasteiger partial charge in [0, 0.05) is 13.1 Å². The van der Waals surface area contributed by atoms with Gasteiger partial charge in [0.1, 0.15) is 12.1 Å². The van der Waals surface area contributed by atoms with Crippen molar-refractivity contribution in [2.45, 2.75) is 35.6 Å². The van der Waals surface area contributed by atoms with E-state index in [1.165, 1.54) is 22.5 Å². The maximum Gasteiger partial charge on any atom is 0.405 e. The molecule has 2 aromatic rings. The first-order valence-electron chi connectivity index (χ1n) is 8.52. The average Bonchev–Trinajstić information content (AvgIpc) is 3.07. The van der Waals surface area contributed by atoms with E-state index in [1.54, 1.807) is 5.32 Å². The molecule has 1 fully saturated rings. The summed E-state index contributed by atoms with van der Waals surface area (Å²) in [5.74, 6) is -1.11. The lowest BCUT2D eigenvalue weighted by atomic mass is 10.2. The van der Waals surface area contributed by atoms with E-state index in [0.29, 0.717) is 24.2 Å². The van der Waals surface area contributed by atoms with E-state index >= 15 is 0 Å². The van der Waals surface area contributed by atoms with Crippen LogP contribution in [0.25, 0.3) is 11.1 Å². The molecule has 1 aromatic carbocycles. The second-order valence-corrected chi connectivity index (χ2v) is 9.12. The van der Waals surface area contributed by atoms with Crippen LogP contribution in [-0.2, 0) is 14.8 Å². The van der Waals surface area contributed by atoms with Crippen LogP contribution in [0.4, 0.5) is 13.2 Å². The molecule has 0 radical (unpaired) electrons. The molecule has 0 unspecified atom stereocenters. The van der Waals surface area contributed by atoms with Gasteiger partial charge < -0.3 is 9.73 Å². The number of hydrogen-bond donors (Lipinski definition) is 1. The fourth-order valence-electron chi connectivity index (χ4n) is 2.74. The standard InChI is InChI=1S/C16H18F3N3O4S2/c17-16(18,19)10-20-14(23)9-27-15-21-12-8-11(4-5-13(12)26-15)28(24,25)22-6-2-1-3-7-22/h4-5,8H,1-3,6-7,9-10H2,(H,20,23). The number of piperidine rings is 1. The lowest BCUT2D eigenvalue weighted by molar-refractivity contribution is -0.136. The Kier molecular flexibility index (Phi) is 6.20. The SMILES string of the molecule is O=C(CSc1nc2cc(S(=O)(=O)N3CCCCC3)ccc2o1)NCC(F)(F)F. The lowest BCUT2D eigenvalue weighted by Crippen LogP contribution is -2.35. The van der Waals surface area contributed by atoms with Gasteiger partial charge >= 0.3 is 6.18 Å². The number of alkyl halides is 3. The summed E-state index contributed by atoms with van der Waals surface area (Å²) < 4.78 is 68.6. The minimum Gasteiger partial charge on any atom is -0.431 e. The lowest BCUT2D eigenvalue weighted by Gasteiger charge is -2.25. The Morgan fingerprint density at radius 3 is 2.64 bits per heavy atom. The second kappa shape index (κ2) is 8.29. The second-order valence-electron chi connectivity index (χ2n) is 6.25. The number of amides is 1. The summed E-state index contributed by atoms with van der Waals surface area (Å²) in [5, 5.41) is 1.83. The summed E-state index contributed by atoms with van der Waals surface area (Å²) in [4.78, 5) is 15.7. The monoisotopic (exact) mass is 437 g/mol. The molecule has 0 atom stereocenters. The molecule has 1 aromatic heterocycles. The Morgan fingerprint density at radius 1 is 1.25 bits per heavy atom. The average molecular weight is 437 g/mol. The first-order valence-corrected chi connectivity index (χ1v) is 10.9. The number of aromatic nitrogens is 1. The molecule has 0 bridgehead atoms. The van der Waals surface area contributed by atoms with Crippen molar-refractivity contribution >= 4 is 38.8 Å². The van der Waals surface area contributed by atoms with Gasteiger partial charge in [-0.05, 0) is 31.0 Å². The van der Waals surface area contributed by atoms with Crippen LogP contribution < -0.4 is 5.32 Å².